The van der Waals surface area contributed by atoms with Crippen molar-refractivity contribution in [1.29, 1.82) is 0 Å². The summed E-state index contributed by atoms with van der Waals surface area (Å²) >= 11 is 0. The van der Waals surface area contributed by atoms with Gasteiger partial charge in [-0.1, -0.05) is 84.8 Å². The van der Waals surface area contributed by atoms with Crippen LogP contribution in [0.15, 0.2) is 41.1 Å². The molecule has 7 heteroatoms. The maximum atomic E-state index is 8.46. The molecule has 0 unspecified atom stereocenters. The van der Waals surface area contributed by atoms with Gasteiger partial charge in [0.25, 0.3) is 0 Å². The molecule has 35 heavy (non-hydrogen) atoms. The highest BCUT2D eigenvalue weighted by Crippen LogP contribution is 2.44. The first-order chi connectivity index (χ1) is 15.9. The molecule has 0 heterocycles. The van der Waals surface area contributed by atoms with E-state index in [4.69, 9.17) is 14.4 Å². The molecule has 0 aromatic carbocycles. The largest absolute Gasteiger partial charge is 0.413 e. The predicted molar refractivity (Wildman–Crippen MR) is 157 cm³/mol. The first-order valence-electron chi connectivity index (χ1n) is 13.3. The normalized spacial score (nSPS) is 22.5. The lowest BCUT2D eigenvalue weighted by molar-refractivity contribution is 0.0970. The fraction of sp³-hybridized carbons (Fsp3) is 0.786. The Hall–Kier alpha value is -1.12. The Morgan fingerprint density at radius 3 is 2.20 bits per heavy atom. The number of hydrogen-bond donors (Lipinski definition) is 0. The number of rotatable bonds is 11. The Labute approximate surface area is 218 Å². The average Bonchev–Trinajstić information content (AvgIpc) is 2.69. The molecule has 0 spiro atoms. The van der Waals surface area contributed by atoms with Gasteiger partial charge in [0.05, 0.1) is 12.2 Å². The molecule has 5 nitrogen and oxygen atoms in total. The second-order valence-electron chi connectivity index (χ2n) is 13.4. The lowest BCUT2D eigenvalue weighted by atomic mass is 9.86. The summed E-state index contributed by atoms with van der Waals surface area (Å²) in [5, 5.41) is 4.01. The molecular weight excluding hydrogens is 466 g/mol. The van der Waals surface area contributed by atoms with Gasteiger partial charge in [-0.2, -0.15) is 0 Å². The van der Waals surface area contributed by atoms with Crippen molar-refractivity contribution in [1.82, 2.24) is 0 Å². The van der Waals surface area contributed by atoms with Gasteiger partial charge in [-0.05, 0) is 78.1 Å². The molecule has 1 saturated carbocycles. The highest BCUT2D eigenvalue weighted by molar-refractivity contribution is 6.74. The highest BCUT2D eigenvalue weighted by atomic mass is 28.4. The molecule has 1 rings (SSSR count). The minimum Gasteiger partial charge on any atom is -0.413 e. The van der Waals surface area contributed by atoms with Crippen LogP contribution in [0.2, 0.25) is 36.3 Å². The number of hydrogen-bond acceptors (Lipinski definition) is 3. The zero-order chi connectivity index (χ0) is 27.1. The van der Waals surface area contributed by atoms with Gasteiger partial charge < -0.3 is 8.85 Å². The smallest absolute Gasteiger partial charge is 0.192 e. The molecule has 1 fully saturated rings. The summed E-state index contributed by atoms with van der Waals surface area (Å²) in [6.45, 7) is 30.3. The summed E-state index contributed by atoms with van der Waals surface area (Å²) in [6.07, 6.45) is 11.8. The van der Waals surface area contributed by atoms with Gasteiger partial charge in [0.15, 0.2) is 16.6 Å². The van der Waals surface area contributed by atoms with Crippen molar-refractivity contribution in [2.75, 3.05) is 6.54 Å². The van der Waals surface area contributed by atoms with Gasteiger partial charge in [0, 0.05) is 17.9 Å². The minimum atomic E-state index is -1.94. The molecule has 0 aliphatic heterocycles. The van der Waals surface area contributed by atoms with E-state index in [0.717, 1.165) is 37.7 Å². The Bertz CT molecular complexity index is 813. The van der Waals surface area contributed by atoms with Crippen LogP contribution in [0.3, 0.4) is 0 Å². The fourth-order valence-corrected chi connectivity index (χ4v) is 6.36. The van der Waals surface area contributed by atoms with Gasteiger partial charge >= 0.3 is 0 Å². The van der Waals surface area contributed by atoms with E-state index in [1.54, 1.807) is 0 Å². The second-order valence-corrected chi connectivity index (χ2v) is 22.9. The lowest BCUT2D eigenvalue weighted by Gasteiger charge is -2.45. The molecule has 0 amide bonds. The van der Waals surface area contributed by atoms with Gasteiger partial charge in [0.1, 0.15) is 0 Å². The van der Waals surface area contributed by atoms with Gasteiger partial charge in [-0.15, -0.1) is 0 Å². The first kappa shape index (κ1) is 31.9. The number of unbranched alkanes of at least 4 members (excludes halogenated alkanes) is 1. The maximum Gasteiger partial charge on any atom is 0.192 e. The van der Waals surface area contributed by atoms with Crippen molar-refractivity contribution >= 4 is 16.6 Å². The second kappa shape index (κ2) is 12.9. The third-order valence-electron chi connectivity index (χ3n) is 8.19. The molecule has 0 N–H and O–H groups in total. The van der Waals surface area contributed by atoms with Crippen LogP contribution in [-0.2, 0) is 8.85 Å². The summed E-state index contributed by atoms with van der Waals surface area (Å²) in [5.74, 6) is 0.428. The van der Waals surface area contributed by atoms with Gasteiger partial charge in [-0.25, -0.2) is 0 Å². The Balaban J connectivity index is 3.00. The molecule has 0 radical (unpaired) electrons. The Kier molecular flexibility index (Phi) is 11.8. The SMILES string of the molecule is C=C1C(=CC=CCCC[C@@H](C)CN=[N+]=[N-])C[C@@H](O[Si](C)(C)C(C)(C)C)C[C@@H]1O[Si](C)(C)C(C)(C)C. The summed E-state index contributed by atoms with van der Waals surface area (Å²) in [5.41, 5.74) is 10.8. The molecule has 1 aliphatic carbocycles. The molecule has 0 aromatic rings. The van der Waals surface area contributed by atoms with Gasteiger partial charge in [-0.3, -0.25) is 0 Å². The monoisotopic (exact) mass is 519 g/mol. The molecule has 1 aliphatic rings. The lowest BCUT2D eigenvalue weighted by Crippen LogP contribution is -2.49. The van der Waals surface area contributed by atoms with E-state index in [2.05, 4.69) is 109 Å². The van der Waals surface area contributed by atoms with Crippen LogP contribution in [0, 0.1) is 5.92 Å². The van der Waals surface area contributed by atoms with Crippen molar-refractivity contribution in [2.24, 2.45) is 11.0 Å². The quantitative estimate of drug-likeness (QED) is 0.0896. The van der Waals surface area contributed by atoms with Crippen LogP contribution in [0.1, 0.15) is 80.6 Å². The maximum absolute atomic E-state index is 8.46. The molecule has 0 aromatic heterocycles. The van der Waals surface area contributed by atoms with Crippen LogP contribution in [0.25, 0.3) is 10.4 Å². The van der Waals surface area contributed by atoms with Crippen LogP contribution >= 0.6 is 0 Å². The van der Waals surface area contributed by atoms with E-state index in [-0.39, 0.29) is 22.3 Å². The van der Waals surface area contributed by atoms with E-state index in [1.165, 1.54) is 5.57 Å². The zero-order valence-corrected chi connectivity index (χ0v) is 26.6. The molecular formula is C28H53N3O2Si2. The topological polar surface area (TPSA) is 67.2 Å². The summed E-state index contributed by atoms with van der Waals surface area (Å²) < 4.78 is 13.8. The van der Waals surface area contributed by atoms with E-state index in [9.17, 15) is 0 Å². The van der Waals surface area contributed by atoms with E-state index in [0.29, 0.717) is 12.5 Å². The van der Waals surface area contributed by atoms with E-state index >= 15 is 0 Å². The van der Waals surface area contributed by atoms with Crippen LogP contribution < -0.4 is 0 Å². The number of allylic oxidation sites excluding steroid dienone is 3. The third-order valence-corrected chi connectivity index (χ3v) is 17.2. The predicted octanol–water partition coefficient (Wildman–Crippen LogP) is 9.72. The number of azide groups is 1. The third kappa shape index (κ3) is 10.0. The standard InChI is InChI=1S/C28H53N3O2Si2/c1-22(21-30-31-29)17-15-13-14-16-18-24-19-25(32-34(9,10)27(3,4)5)20-26(23(24)2)33-35(11,12)28(6,7)8/h14,16,18,22,25-26H,2,13,15,17,19-21H2,1,3-12H3/t22-,25-,26+/m1/s1. The Morgan fingerprint density at radius 1 is 1.09 bits per heavy atom. The molecule has 3 atom stereocenters. The van der Waals surface area contributed by atoms with Crippen LogP contribution in [0.5, 0.6) is 0 Å². The Morgan fingerprint density at radius 2 is 1.66 bits per heavy atom. The highest BCUT2D eigenvalue weighted by Gasteiger charge is 2.44. The van der Waals surface area contributed by atoms with Crippen molar-refractivity contribution in [3.05, 3.63) is 46.4 Å². The van der Waals surface area contributed by atoms with Gasteiger partial charge in [0.2, 0.25) is 0 Å². The van der Waals surface area contributed by atoms with Crippen LogP contribution in [0.4, 0.5) is 0 Å². The van der Waals surface area contributed by atoms with Crippen molar-refractivity contribution in [3.63, 3.8) is 0 Å². The van der Waals surface area contributed by atoms with Crippen molar-refractivity contribution in [3.8, 4) is 0 Å². The molecule has 0 saturated heterocycles. The first-order valence-corrected chi connectivity index (χ1v) is 19.1. The average molecular weight is 520 g/mol. The zero-order valence-electron chi connectivity index (χ0n) is 24.6. The summed E-state index contributed by atoms with van der Waals surface area (Å²) in [6, 6.07) is 0. The minimum absolute atomic E-state index is 0.0144. The fourth-order valence-electron chi connectivity index (χ4n) is 3.69. The summed E-state index contributed by atoms with van der Waals surface area (Å²) in [7, 11) is -3.83. The van der Waals surface area contributed by atoms with Crippen molar-refractivity contribution in [2.45, 2.75) is 129 Å². The molecule has 200 valence electrons. The van der Waals surface area contributed by atoms with E-state index in [1.807, 2.05) is 0 Å². The number of nitrogens with zero attached hydrogens (tertiary/aromatic N) is 3. The van der Waals surface area contributed by atoms with E-state index < -0.39 is 16.6 Å². The van der Waals surface area contributed by atoms with Crippen molar-refractivity contribution < 1.29 is 8.85 Å². The summed E-state index contributed by atoms with van der Waals surface area (Å²) in [4.78, 5) is 2.85. The van der Waals surface area contributed by atoms with Crippen LogP contribution in [-0.4, -0.2) is 35.4 Å². The molecule has 0 bridgehead atoms.